The molecule has 138 valence electrons. The Bertz CT molecular complexity index is 953. The SMILES string of the molecule is CN(C)C(=O)Sc1ccc(NC(=O)c2cn[nH]c2-c2ccc(F)cc2)cc1. The number of halogens is 1. The van der Waals surface area contributed by atoms with Crippen LogP contribution >= 0.6 is 11.8 Å². The summed E-state index contributed by atoms with van der Waals surface area (Å²) in [6.45, 7) is 0. The maximum Gasteiger partial charge on any atom is 0.285 e. The average molecular weight is 384 g/mol. The van der Waals surface area contributed by atoms with Crippen LogP contribution in [0.3, 0.4) is 0 Å². The molecule has 0 fully saturated rings. The summed E-state index contributed by atoms with van der Waals surface area (Å²) in [5, 5.41) is 9.41. The fourth-order valence-electron chi connectivity index (χ4n) is 2.29. The minimum Gasteiger partial charge on any atom is -0.339 e. The molecule has 0 spiro atoms. The van der Waals surface area contributed by atoms with Gasteiger partial charge in [-0.05, 0) is 60.3 Å². The lowest BCUT2D eigenvalue weighted by molar-refractivity contribution is 0.102. The summed E-state index contributed by atoms with van der Waals surface area (Å²) >= 11 is 1.11. The highest BCUT2D eigenvalue weighted by atomic mass is 32.2. The van der Waals surface area contributed by atoms with Gasteiger partial charge in [0.25, 0.3) is 11.1 Å². The largest absolute Gasteiger partial charge is 0.339 e. The van der Waals surface area contributed by atoms with E-state index < -0.39 is 0 Å². The lowest BCUT2D eigenvalue weighted by Crippen LogP contribution is -2.16. The molecule has 6 nitrogen and oxygen atoms in total. The predicted molar refractivity (Wildman–Crippen MR) is 103 cm³/mol. The summed E-state index contributed by atoms with van der Waals surface area (Å²) < 4.78 is 13.1. The Morgan fingerprint density at radius 1 is 1.07 bits per heavy atom. The third-order valence-corrected chi connectivity index (χ3v) is 4.75. The molecule has 0 aliphatic rings. The minimum absolute atomic E-state index is 0.0749. The van der Waals surface area contributed by atoms with Gasteiger partial charge in [-0.25, -0.2) is 4.39 Å². The lowest BCUT2D eigenvalue weighted by atomic mass is 10.1. The zero-order chi connectivity index (χ0) is 19.4. The Balaban J connectivity index is 1.72. The number of thioether (sulfide) groups is 1. The Hall–Kier alpha value is -3.13. The van der Waals surface area contributed by atoms with E-state index in [9.17, 15) is 14.0 Å². The van der Waals surface area contributed by atoms with Gasteiger partial charge in [0, 0.05) is 30.2 Å². The summed E-state index contributed by atoms with van der Waals surface area (Å²) in [6, 6.07) is 12.8. The van der Waals surface area contributed by atoms with E-state index in [1.165, 1.54) is 23.2 Å². The molecule has 3 aromatic rings. The number of carbonyl (C=O) groups is 2. The molecule has 0 saturated carbocycles. The Morgan fingerprint density at radius 2 is 1.74 bits per heavy atom. The number of anilines is 1. The van der Waals surface area contributed by atoms with Gasteiger partial charge in [0.2, 0.25) is 0 Å². The van der Waals surface area contributed by atoms with Crippen LogP contribution in [-0.2, 0) is 0 Å². The molecule has 0 bridgehead atoms. The van der Waals surface area contributed by atoms with Gasteiger partial charge in [-0.2, -0.15) is 5.10 Å². The average Bonchev–Trinajstić information content (AvgIpc) is 3.13. The van der Waals surface area contributed by atoms with Crippen LogP contribution in [-0.4, -0.2) is 40.3 Å². The normalized spacial score (nSPS) is 10.5. The van der Waals surface area contributed by atoms with Crippen LogP contribution in [0.25, 0.3) is 11.3 Å². The maximum atomic E-state index is 13.1. The monoisotopic (exact) mass is 384 g/mol. The van der Waals surface area contributed by atoms with Crippen LogP contribution in [0.5, 0.6) is 0 Å². The highest BCUT2D eigenvalue weighted by Crippen LogP contribution is 2.24. The molecule has 2 aromatic carbocycles. The van der Waals surface area contributed by atoms with Crippen LogP contribution in [0.15, 0.2) is 59.6 Å². The zero-order valence-electron chi connectivity index (χ0n) is 14.7. The molecule has 0 saturated heterocycles. The van der Waals surface area contributed by atoms with E-state index >= 15 is 0 Å². The second-order valence-electron chi connectivity index (χ2n) is 5.91. The Kier molecular flexibility index (Phi) is 5.56. The van der Waals surface area contributed by atoms with Gasteiger partial charge in [0.05, 0.1) is 17.5 Å². The Morgan fingerprint density at radius 3 is 2.37 bits per heavy atom. The van der Waals surface area contributed by atoms with E-state index in [0.29, 0.717) is 22.5 Å². The van der Waals surface area contributed by atoms with Crippen molar-refractivity contribution < 1.29 is 14.0 Å². The van der Waals surface area contributed by atoms with Crippen LogP contribution in [0.1, 0.15) is 10.4 Å². The van der Waals surface area contributed by atoms with Gasteiger partial charge in [-0.1, -0.05) is 0 Å². The quantitative estimate of drug-likeness (QED) is 0.660. The standard InChI is InChI=1S/C19H17FN4O2S/c1-24(2)19(26)27-15-9-7-14(8-10-15)22-18(25)16-11-21-23-17(16)12-3-5-13(20)6-4-12/h3-11H,1-2H3,(H,21,23)(H,22,25). The first-order chi connectivity index (χ1) is 12.9. The number of nitrogens with zero attached hydrogens (tertiary/aromatic N) is 2. The van der Waals surface area contributed by atoms with Gasteiger partial charge >= 0.3 is 0 Å². The summed E-state index contributed by atoms with van der Waals surface area (Å²) in [7, 11) is 3.38. The molecule has 0 aliphatic heterocycles. The topological polar surface area (TPSA) is 78.1 Å². The van der Waals surface area contributed by atoms with E-state index in [1.807, 2.05) is 0 Å². The molecule has 27 heavy (non-hydrogen) atoms. The molecule has 0 unspecified atom stereocenters. The first kappa shape index (κ1) is 18.7. The third kappa shape index (κ3) is 4.53. The number of aromatic nitrogens is 2. The number of benzene rings is 2. The summed E-state index contributed by atoms with van der Waals surface area (Å²) in [5.74, 6) is -0.692. The first-order valence-electron chi connectivity index (χ1n) is 8.04. The van der Waals surface area contributed by atoms with E-state index in [4.69, 9.17) is 0 Å². The van der Waals surface area contributed by atoms with Crippen LogP contribution in [0, 0.1) is 5.82 Å². The third-order valence-electron chi connectivity index (χ3n) is 3.70. The van der Waals surface area contributed by atoms with Crippen molar-refractivity contribution in [1.29, 1.82) is 0 Å². The van der Waals surface area contributed by atoms with E-state index in [1.54, 1.807) is 50.5 Å². The molecular formula is C19H17FN4O2S. The number of amides is 2. The number of hydrogen-bond acceptors (Lipinski definition) is 4. The maximum absolute atomic E-state index is 13.1. The number of hydrogen-bond donors (Lipinski definition) is 2. The Labute approximate surface area is 159 Å². The van der Waals surface area contributed by atoms with Gasteiger partial charge in [-0.15, -0.1) is 0 Å². The predicted octanol–water partition coefficient (Wildman–Crippen LogP) is 4.24. The molecule has 3 rings (SSSR count). The van der Waals surface area contributed by atoms with Crippen molar-refractivity contribution in [3.63, 3.8) is 0 Å². The number of carbonyl (C=O) groups excluding carboxylic acids is 2. The smallest absolute Gasteiger partial charge is 0.285 e. The fourth-order valence-corrected chi connectivity index (χ4v) is 2.95. The van der Waals surface area contributed by atoms with Crippen LogP contribution in [0.2, 0.25) is 0 Å². The molecule has 1 aromatic heterocycles. The number of H-pyrrole nitrogens is 1. The number of nitrogens with one attached hydrogen (secondary N) is 2. The summed E-state index contributed by atoms with van der Waals surface area (Å²) in [4.78, 5) is 26.6. The summed E-state index contributed by atoms with van der Waals surface area (Å²) in [6.07, 6.45) is 1.42. The molecule has 0 aliphatic carbocycles. The van der Waals surface area contributed by atoms with E-state index in [2.05, 4.69) is 15.5 Å². The molecule has 8 heteroatoms. The van der Waals surface area contributed by atoms with Gasteiger partial charge < -0.3 is 10.2 Å². The molecule has 2 N–H and O–H groups in total. The number of aromatic amines is 1. The molecule has 2 amide bonds. The summed E-state index contributed by atoms with van der Waals surface area (Å²) in [5.41, 5.74) is 2.11. The highest BCUT2D eigenvalue weighted by molar-refractivity contribution is 8.13. The minimum atomic E-state index is -0.352. The zero-order valence-corrected chi connectivity index (χ0v) is 15.5. The lowest BCUT2D eigenvalue weighted by Gasteiger charge is -2.10. The van der Waals surface area contributed by atoms with Gasteiger partial charge in [0.1, 0.15) is 5.82 Å². The van der Waals surface area contributed by atoms with Crippen molar-refractivity contribution in [2.45, 2.75) is 4.90 Å². The second-order valence-corrected chi connectivity index (χ2v) is 6.93. The van der Waals surface area contributed by atoms with Crippen molar-refractivity contribution in [3.8, 4) is 11.3 Å². The van der Waals surface area contributed by atoms with E-state index in [-0.39, 0.29) is 17.0 Å². The molecular weight excluding hydrogens is 367 g/mol. The highest BCUT2D eigenvalue weighted by Gasteiger charge is 2.16. The van der Waals surface area contributed by atoms with Crippen molar-refractivity contribution in [3.05, 3.63) is 66.1 Å². The van der Waals surface area contributed by atoms with Crippen LogP contribution in [0.4, 0.5) is 14.9 Å². The van der Waals surface area contributed by atoms with E-state index in [0.717, 1.165) is 16.7 Å². The first-order valence-corrected chi connectivity index (χ1v) is 8.85. The van der Waals surface area contributed by atoms with Crippen LogP contribution < -0.4 is 5.32 Å². The van der Waals surface area contributed by atoms with Crippen molar-refractivity contribution in [2.24, 2.45) is 0 Å². The molecule has 0 atom stereocenters. The van der Waals surface area contributed by atoms with Gasteiger partial charge in [0.15, 0.2) is 0 Å². The van der Waals surface area contributed by atoms with Crippen molar-refractivity contribution in [1.82, 2.24) is 15.1 Å². The van der Waals surface area contributed by atoms with Crippen molar-refractivity contribution in [2.75, 3.05) is 19.4 Å². The second kappa shape index (κ2) is 8.05. The number of rotatable bonds is 4. The fraction of sp³-hybridized carbons (Fsp3) is 0.105. The van der Waals surface area contributed by atoms with Crippen molar-refractivity contribution >= 4 is 28.6 Å². The molecule has 0 radical (unpaired) electrons. The van der Waals surface area contributed by atoms with Gasteiger partial charge in [-0.3, -0.25) is 14.7 Å². The molecule has 1 heterocycles.